The van der Waals surface area contributed by atoms with Crippen molar-refractivity contribution >= 4 is 21.7 Å². The summed E-state index contributed by atoms with van der Waals surface area (Å²) in [6, 6.07) is 7.51. The molecular formula is C15H17BrN2O2. The zero-order chi connectivity index (χ0) is 14.7. The third-order valence-corrected chi connectivity index (χ3v) is 3.67. The fourth-order valence-electron chi connectivity index (χ4n) is 2.11. The van der Waals surface area contributed by atoms with Crippen LogP contribution in [0.1, 0.15) is 28.7 Å². The molecule has 0 aliphatic rings. The van der Waals surface area contributed by atoms with Gasteiger partial charge in [-0.2, -0.15) is 5.10 Å². The maximum atomic E-state index is 12.4. The molecule has 0 bridgehead atoms. The van der Waals surface area contributed by atoms with E-state index in [0.717, 1.165) is 27.9 Å². The topological polar surface area (TPSA) is 44.1 Å². The second-order valence-electron chi connectivity index (χ2n) is 4.55. The van der Waals surface area contributed by atoms with Crippen LogP contribution in [0, 0.1) is 0 Å². The van der Waals surface area contributed by atoms with E-state index in [1.807, 2.05) is 31.2 Å². The quantitative estimate of drug-likeness (QED) is 0.787. The van der Waals surface area contributed by atoms with Crippen LogP contribution in [0.5, 0.6) is 5.75 Å². The number of ketones is 1. The molecule has 0 aliphatic carbocycles. The maximum Gasteiger partial charge on any atom is 0.185 e. The van der Waals surface area contributed by atoms with Crippen LogP contribution in [0.4, 0.5) is 0 Å². The standard InChI is InChI=1S/C15H17BrN2O2/c1-4-12-9-13(18(2)17-12)14(19)8-10-7-11(16)5-6-15(10)20-3/h5-7,9H,4,8H2,1-3H3. The molecular weight excluding hydrogens is 320 g/mol. The highest BCUT2D eigenvalue weighted by molar-refractivity contribution is 9.10. The van der Waals surface area contributed by atoms with Gasteiger partial charge in [0.05, 0.1) is 12.8 Å². The lowest BCUT2D eigenvalue weighted by Crippen LogP contribution is -2.10. The molecule has 0 fully saturated rings. The molecule has 0 radical (unpaired) electrons. The number of halogens is 1. The van der Waals surface area contributed by atoms with Gasteiger partial charge in [-0.1, -0.05) is 22.9 Å². The van der Waals surface area contributed by atoms with Crippen molar-refractivity contribution in [2.75, 3.05) is 7.11 Å². The molecule has 20 heavy (non-hydrogen) atoms. The Kier molecular flexibility index (Phi) is 4.60. The summed E-state index contributed by atoms with van der Waals surface area (Å²) in [6.07, 6.45) is 1.12. The molecule has 0 aliphatic heterocycles. The third-order valence-electron chi connectivity index (χ3n) is 3.17. The van der Waals surface area contributed by atoms with Crippen LogP contribution in [-0.4, -0.2) is 22.7 Å². The summed E-state index contributed by atoms with van der Waals surface area (Å²) < 4.78 is 7.87. The summed E-state index contributed by atoms with van der Waals surface area (Å²) in [4.78, 5) is 12.4. The van der Waals surface area contributed by atoms with Crippen molar-refractivity contribution in [2.45, 2.75) is 19.8 Å². The van der Waals surface area contributed by atoms with Gasteiger partial charge in [-0.3, -0.25) is 9.48 Å². The molecule has 1 aromatic heterocycles. The van der Waals surface area contributed by atoms with E-state index >= 15 is 0 Å². The van der Waals surface area contributed by atoms with Crippen molar-refractivity contribution in [2.24, 2.45) is 7.05 Å². The summed E-state index contributed by atoms with van der Waals surface area (Å²) in [5.74, 6) is 0.760. The van der Waals surface area contributed by atoms with Crippen LogP contribution in [0.3, 0.4) is 0 Å². The van der Waals surface area contributed by atoms with Gasteiger partial charge in [0.15, 0.2) is 5.78 Å². The lowest BCUT2D eigenvalue weighted by molar-refractivity contribution is 0.0983. The number of methoxy groups -OCH3 is 1. The molecule has 4 nitrogen and oxygen atoms in total. The fraction of sp³-hybridized carbons (Fsp3) is 0.333. The van der Waals surface area contributed by atoms with E-state index in [1.165, 1.54) is 0 Å². The molecule has 0 saturated carbocycles. The van der Waals surface area contributed by atoms with Gasteiger partial charge in [-0.15, -0.1) is 0 Å². The van der Waals surface area contributed by atoms with Gasteiger partial charge in [0.25, 0.3) is 0 Å². The number of rotatable bonds is 5. The Bertz CT molecular complexity index is 635. The van der Waals surface area contributed by atoms with Crippen LogP contribution in [0.2, 0.25) is 0 Å². The number of aryl methyl sites for hydroxylation is 2. The predicted octanol–water partition coefficient (Wildman–Crippen LogP) is 3.18. The number of ether oxygens (including phenoxy) is 1. The van der Waals surface area contributed by atoms with E-state index in [-0.39, 0.29) is 5.78 Å². The monoisotopic (exact) mass is 336 g/mol. The van der Waals surface area contributed by atoms with E-state index in [2.05, 4.69) is 21.0 Å². The Hall–Kier alpha value is -1.62. The Morgan fingerprint density at radius 2 is 2.15 bits per heavy atom. The van der Waals surface area contributed by atoms with Gasteiger partial charge in [-0.25, -0.2) is 0 Å². The summed E-state index contributed by atoms with van der Waals surface area (Å²) >= 11 is 3.42. The van der Waals surface area contributed by atoms with Crippen LogP contribution in [-0.2, 0) is 19.9 Å². The summed E-state index contributed by atoms with van der Waals surface area (Å²) in [6.45, 7) is 2.02. The number of carbonyl (C=O) groups excluding carboxylic acids is 1. The maximum absolute atomic E-state index is 12.4. The Balaban J connectivity index is 2.27. The van der Waals surface area contributed by atoms with Gasteiger partial charge in [0.1, 0.15) is 11.4 Å². The van der Waals surface area contributed by atoms with Crippen LogP contribution in [0.15, 0.2) is 28.7 Å². The fourth-order valence-corrected chi connectivity index (χ4v) is 2.52. The highest BCUT2D eigenvalue weighted by Crippen LogP contribution is 2.24. The molecule has 0 atom stereocenters. The van der Waals surface area contributed by atoms with Crippen molar-refractivity contribution < 1.29 is 9.53 Å². The van der Waals surface area contributed by atoms with Crippen molar-refractivity contribution in [3.05, 3.63) is 45.7 Å². The number of nitrogens with zero attached hydrogens (tertiary/aromatic N) is 2. The number of hydrogen-bond acceptors (Lipinski definition) is 3. The Labute approximate surface area is 126 Å². The molecule has 2 rings (SSSR count). The summed E-state index contributed by atoms with van der Waals surface area (Å²) in [5.41, 5.74) is 2.42. The normalized spacial score (nSPS) is 10.6. The zero-order valence-electron chi connectivity index (χ0n) is 11.8. The van der Waals surface area contributed by atoms with Gasteiger partial charge < -0.3 is 4.74 Å². The molecule has 1 heterocycles. The molecule has 106 valence electrons. The highest BCUT2D eigenvalue weighted by atomic mass is 79.9. The van der Waals surface area contributed by atoms with Gasteiger partial charge in [0.2, 0.25) is 0 Å². The van der Waals surface area contributed by atoms with E-state index in [0.29, 0.717) is 12.1 Å². The number of aromatic nitrogens is 2. The van der Waals surface area contributed by atoms with Crippen LogP contribution in [0.25, 0.3) is 0 Å². The summed E-state index contributed by atoms with van der Waals surface area (Å²) in [7, 11) is 3.40. The number of Topliss-reactive ketones (excluding diaryl/α,β-unsaturated/α-hetero) is 1. The molecule has 1 aromatic carbocycles. The van der Waals surface area contributed by atoms with Gasteiger partial charge in [-0.05, 0) is 30.7 Å². The molecule has 5 heteroatoms. The van der Waals surface area contributed by atoms with Crippen molar-refractivity contribution in [3.63, 3.8) is 0 Å². The first kappa shape index (κ1) is 14.8. The average molecular weight is 337 g/mol. The van der Waals surface area contributed by atoms with E-state index in [4.69, 9.17) is 4.74 Å². The summed E-state index contributed by atoms with van der Waals surface area (Å²) in [5, 5.41) is 4.31. The molecule has 0 spiro atoms. The molecule has 0 saturated heterocycles. The zero-order valence-corrected chi connectivity index (χ0v) is 13.4. The number of carbonyl (C=O) groups is 1. The minimum absolute atomic E-state index is 0.0381. The third kappa shape index (κ3) is 3.10. The van der Waals surface area contributed by atoms with E-state index in [1.54, 1.807) is 18.8 Å². The Morgan fingerprint density at radius 3 is 2.75 bits per heavy atom. The Morgan fingerprint density at radius 1 is 1.40 bits per heavy atom. The first-order valence-electron chi connectivity index (χ1n) is 6.43. The minimum atomic E-state index is 0.0381. The SMILES string of the molecule is CCc1cc(C(=O)Cc2cc(Br)ccc2OC)n(C)n1. The molecule has 0 N–H and O–H groups in total. The van der Waals surface area contributed by atoms with Crippen molar-refractivity contribution in [1.82, 2.24) is 9.78 Å². The number of benzene rings is 1. The molecule has 0 unspecified atom stereocenters. The lowest BCUT2D eigenvalue weighted by Gasteiger charge is -2.08. The van der Waals surface area contributed by atoms with E-state index < -0.39 is 0 Å². The minimum Gasteiger partial charge on any atom is -0.496 e. The molecule has 0 amide bonds. The van der Waals surface area contributed by atoms with Crippen LogP contribution >= 0.6 is 15.9 Å². The second-order valence-corrected chi connectivity index (χ2v) is 5.47. The van der Waals surface area contributed by atoms with Gasteiger partial charge >= 0.3 is 0 Å². The first-order valence-corrected chi connectivity index (χ1v) is 7.23. The largest absolute Gasteiger partial charge is 0.496 e. The van der Waals surface area contributed by atoms with E-state index in [9.17, 15) is 4.79 Å². The van der Waals surface area contributed by atoms with Crippen molar-refractivity contribution in [1.29, 1.82) is 0 Å². The second kappa shape index (κ2) is 6.22. The average Bonchev–Trinajstić information content (AvgIpc) is 2.80. The van der Waals surface area contributed by atoms with Gasteiger partial charge in [0, 0.05) is 23.5 Å². The lowest BCUT2D eigenvalue weighted by atomic mass is 10.1. The number of hydrogen-bond donors (Lipinski definition) is 0. The highest BCUT2D eigenvalue weighted by Gasteiger charge is 2.15. The smallest absolute Gasteiger partial charge is 0.185 e. The van der Waals surface area contributed by atoms with Crippen molar-refractivity contribution in [3.8, 4) is 5.75 Å². The predicted molar refractivity (Wildman–Crippen MR) is 81.3 cm³/mol. The first-order chi connectivity index (χ1) is 9.55. The molecule has 2 aromatic rings. The van der Waals surface area contributed by atoms with Crippen LogP contribution < -0.4 is 4.74 Å².